The monoisotopic (exact) mass is 311 g/mol. The highest BCUT2D eigenvalue weighted by Crippen LogP contribution is 2.17. The van der Waals surface area contributed by atoms with Crippen molar-refractivity contribution < 1.29 is 14.7 Å². The predicted molar refractivity (Wildman–Crippen MR) is 89.6 cm³/mol. The second-order valence-electron chi connectivity index (χ2n) is 5.89. The van der Waals surface area contributed by atoms with E-state index in [-0.39, 0.29) is 23.9 Å². The average Bonchev–Trinajstić information content (AvgIpc) is 2.46. The molecule has 120 valence electrons. The third kappa shape index (κ3) is 4.68. The fourth-order valence-corrected chi connectivity index (χ4v) is 2.59. The second kappa shape index (κ2) is 7.09. The van der Waals surface area contributed by atoms with Crippen LogP contribution in [0.3, 0.4) is 0 Å². The van der Waals surface area contributed by atoms with Gasteiger partial charge in [0.15, 0.2) is 0 Å². The van der Waals surface area contributed by atoms with Crippen molar-refractivity contribution in [2.75, 3.05) is 0 Å². The van der Waals surface area contributed by atoms with Crippen LogP contribution in [0.2, 0.25) is 0 Å². The summed E-state index contributed by atoms with van der Waals surface area (Å²) in [6.07, 6.45) is 0.231. The minimum atomic E-state index is -0.968. The van der Waals surface area contributed by atoms with Crippen molar-refractivity contribution in [3.8, 4) is 0 Å². The Morgan fingerprint density at radius 1 is 1.04 bits per heavy atom. The van der Waals surface area contributed by atoms with Gasteiger partial charge in [-0.1, -0.05) is 41.5 Å². The smallest absolute Gasteiger partial charge is 0.335 e. The molecule has 0 aliphatic carbocycles. The topological polar surface area (TPSA) is 66.4 Å². The molecule has 0 fully saturated rings. The Bertz CT molecular complexity index is 700. The fourth-order valence-electron chi connectivity index (χ4n) is 2.59. The number of carboxylic acids is 1. The molecule has 1 unspecified atom stereocenters. The molecule has 0 aliphatic heterocycles. The number of hydrogen-bond donors (Lipinski definition) is 2. The quantitative estimate of drug-likeness (QED) is 0.889. The molecular weight excluding hydrogens is 290 g/mol. The van der Waals surface area contributed by atoms with Crippen LogP contribution in [0.15, 0.2) is 42.5 Å². The summed E-state index contributed by atoms with van der Waals surface area (Å²) in [7, 11) is 0. The first kappa shape index (κ1) is 16.7. The van der Waals surface area contributed by atoms with Crippen molar-refractivity contribution in [3.05, 3.63) is 70.3 Å². The molecule has 2 aromatic carbocycles. The van der Waals surface area contributed by atoms with E-state index in [1.54, 1.807) is 12.1 Å². The third-order valence-electron chi connectivity index (χ3n) is 3.69. The van der Waals surface area contributed by atoms with Crippen LogP contribution >= 0.6 is 0 Å². The van der Waals surface area contributed by atoms with Gasteiger partial charge in [0.1, 0.15) is 0 Å². The molecule has 0 radical (unpaired) electrons. The summed E-state index contributed by atoms with van der Waals surface area (Å²) in [5, 5.41) is 11.8. The highest BCUT2D eigenvalue weighted by molar-refractivity contribution is 5.87. The molecular formula is C19H21NO3. The van der Waals surface area contributed by atoms with Crippen LogP contribution < -0.4 is 5.32 Å². The molecule has 23 heavy (non-hydrogen) atoms. The van der Waals surface area contributed by atoms with Crippen molar-refractivity contribution in [2.24, 2.45) is 0 Å². The van der Waals surface area contributed by atoms with Gasteiger partial charge in [-0.05, 0) is 44.0 Å². The highest BCUT2D eigenvalue weighted by atomic mass is 16.4. The maximum absolute atomic E-state index is 12.2. The minimum absolute atomic E-state index is 0.0700. The van der Waals surface area contributed by atoms with Crippen molar-refractivity contribution in [1.29, 1.82) is 0 Å². The second-order valence-corrected chi connectivity index (χ2v) is 5.89. The molecule has 0 bridgehead atoms. The van der Waals surface area contributed by atoms with Crippen LogP contribution in [-0.4, -0.2) is 17.0 Å². The number of aryl methyl sites for hydroxylation is 2. The Labute approximate surface area is 136 Å². The summed E-state index contributed by atoms with van der Waals surface area (Å²) in [5.74, 6) is -1.05. The zero-order valence-electron chi connectivity index (χ0n) is 13.6. The van der Waals surface area contributed by atoms with E-state index in [1.807, 2.05) is 20.8 Å². The van der Waals surface area contributed by atoms with E-state index >= 15 is 0 Å². The van der Waals surface area contributed by atoms with E-state index in [0.717, 1.165) is 11.1 Å². The van der Waals surface area contributed by atoms with Gasteiger partial charge < -0.3 is 10.4 Å². The molecule has 0 spiro atoms. The number of nitrogens with one attached hydrogen (secondary N) is 1. The lowest BCUT2D eigenvalue weighted by atomic mass is 10.0. The van der Waals surface area contributed by atoms with Crippen LogP contribution in [0.25, 0.3) is 0 Å². The maximum atomic E-state index is 12.2. The molecule has 1 amide bonds. The van der Waals surface area contributed by atoms with Crippen LogP contribution in [0, 0.1) is 13.8 Å². The molecule has 2 aromatic rings. The van der Waals surface area contributed by atoms with Gasteiger partial charge in [-0.15, -0.1) is 0 Å². The lowest BCUT2D eigenvalue weighted by Gasteiger charge is -2.16. The number of carbonyl (C=O) groups is 2. The van der Waals surface area contributed by atoms with E-state index in [1.165, 1.54) is 23.3 Å². The number of benzene rings is 2. The van der Waals surface area contributed by atoms with Gasteiger partial charge in [0, 0.05) is 0 Å². The van der Waals surface area contributed by atoms with Crippen molar-refractivity contribution in [2.45, 2.75) is 33.2 Å². The minimum Gasteiger partial charge on any atom is -0.478 e. The number of carbonyl (C=O) groups excluding carboxylic acids is 1. The van der Waals surface area contributed by atoms with E-state index < -0.39 is 5.97 Å². The van der Waals surface area contributed by atoms with Crippen LogP contribution in [0.1, 0.15) is 45.6 Å². The summed E-state index contributed by atoms with van der Waals surface area (Å²) in [5.41, 5.74) is 4.44. The number of aromatic carboxylic acids is 1. The Hall–Kier alpha value is -2.62. The first-order valence-corrected chi connectivity index (χ1v) is 7.55. The Morgan fingerprint density at radius 2 is 1.61 bits per heavy atom. The molecule has 1 atom stereocenters. The molecule has 4 heteroatoms. The fraction of sp³-hybridized carbons (Fsp3) is 0.263. The predicted octanol–water partition coefficient (Wildman–Crippen LogP) is 3.42. The van der Waals surface area contributed by atoms with Gasteiger partial charge in [0.05, 0.1) is 18.0 Å². The van der Waals surface area contributed by atoms with E-state index in [2.05, 4.69) is 23.5 Å². The average molecular weight is 311 g/mol. The van der Waals surface area contributed by atoms with Crippen molar-refractivity contribution in [1.82, 2.24) is 5.32 Å². The number of amides is 1. The number of hydrogen-bond acceptors (Lipinski definition) is 2. The summed E-state index contributed by atoms with van der Waals surface area (Å²) in [6.45, 7) is 6.03. The standard InChI is InChI=1S/C19H21NO3/c1-12-8-13(2)10-17(9-12)14(3)20-18(21)11-15-4-6-16(7-5-15)19(22)23/h4-10,14H,11H2,1-3H3,(H,20,21)(H,22,23). The van der Waals surface area contributed by atoms with Gasteiger partial charge in [-0.2, -0.15) is 0 Å². The Morgan fingerprint density at radius 3 is 2.13 bits per heavy atom. The summed E-state index contributed by atoms with van der Waals surface area (Å²) >= 11 is 0. The molecule has 0 saturated heterocycles. The summed E-state index contributed by atoms with van der Waals surface area (Å²) < 4.78 is 0. The maximum Gasteiger partial charge on any atom is 0.335 e. The first-order valence-electron chi connectivity index (χ1n) is 7.55. The zero-order chi connectivity index (χ0) is 17.0. The summed E-state index contributed by atoms with van der Waals surface area (Å²) in [6, 6.07) is 12.5. The van der Waals surface area contributed by atoms with Gasteiger partial charge in [0.25, 0.3) is 0 Å². The van der Waals surface area contributed by atoms with Crippen molar-refractivity contribution in [3.63, 3.8) is 0 Å². The van der Waals surface area contributed by atoms with Crippen LogP contribution in [0.4, 0.5) is 0 Å². The van der Waals surface area contributed by atoms with Crippen molar-refractivity contribution >= 4 is 11.9 Å². The van der Waals surface area contributed by atoms with E-state index in [4.69, 9.17) is 5.11 Å². The van der Waals surface area contributed by atoms with Gasteiger partial charge in [-0.25, -0.2) is 4.79 Å². The lowest BCUT2D eigenvalue weighted by molar-refractivity contribution is -0.121. The van der Waals surface area contributed by atoms with E-state index in [9.17, 15) is 9.59 Å². The Balaban J connectivity index is 1.99. The first-order chi connectivity index (χ1) is 10.8. The van der Waals surface area contributed by atoms with Gasteiger partial charge >= 0.3 is 5.97 Å². The molecule has 0 aliphatic rings. The number of rotatable bonds is 5. The molecule has 0 aromatic heterocycles. The van der Waals surface area contributed by atoms with Crippen LogP contribution in [0.5, 0.6) is 0 Å². The summed E-state index contributed by atoms with van der Waals surface area (Å²) in [4.78, 5) is 23.0. The molecule has 2 rings (SSSR count). The number of carboxylic acid groups (broad SMARTS) is 1. The zero-order valence-corrected chi connectivity index (χ0v) is 13.6. The van der Waals surface area contributed by atoms with E-state index in [0.29, 0.717) is 0 Å². The van der Waals surface area contributed by atoms with Gasteiger partial charge in [0.2, 0.25) is 5.91 Å². The third-order valence-corrected chi connectivity index (χ3v) is 3.69. The largest absolute Gasteiger partial charge is 0.478 e. The Kier molecular flexibility index (Phi) is 5.16. The molecule has 0 heterocycles. The highest BCUT2D eigenvalue weighted by Gasteiger charge is 2.11. The SMILES string of the molecule is Cc1cc(C)cc(C(C)NC(=O)Cc2ccc(C(=O)O)cc2)c1. The van der Waals surface area contributed by atoms with Gasteiger partial charge in [-0.3, -0.25) is 4.79 Å². The molecule has 4 nitrogen and oxygen atoms in total. The normalized spacial score (nSPS) is 11.8. The molecule has 2 N–H and O–H groups in total. The van der Waals surface area contributed by atoms with Crippen LogP contribution in [-0.2, 0) is 11.2 Å². The lowest BCUT2D eigenvalue weighted by Crippen LogP contribution is -2.28. The molecule has 0 saturated carbocycles.